The number of imidazole rings is 1. The number of benzene rings is 1. The number of rotatable bonds is 5. The molecule has 22 heavy (non-hydrogen) atoms. The van der Waals surface area contributed by atoms with E-state index in [1.54, 1.807) is 6.20 Å². The SMILES string of the molecule is NC(=O)NCc1ccccc1.NC(Cc1c[nH]cn1)C(=O)O. The van der Waals surface area contributed by atoms with Gasteiger partial charge in [-0.15, -0.1) is 0 Å². The number of amides is 2. The van der Waals surface area contributed by atoms with Gasteiger partial charge in [0.15, 0.2) is 0 Å². The average molecular weight is 305 g/mol. The van der Waals surface area contributed by atoms with Crippen LogP contribution < -0.4 is 16.8 Å². The lowest BCUT2D eigenvalue weighted by atomic mass is 10.2. The lowest BCUT2D eigenvalue weighted by Gasteiger charge is -2.01. The van der Waals surface area contributed by atoms with E-state index in [1.165, 1.54) is 6.33 Å². The average Bonchev–Trinajstić information content (AvgIpc) is 3.00. The first-order valence-corrected chi connectivity index (χ1v) is 6.52. The number of nitrogens with one attached hydrogen (secondary N) is 2. The lowest BCUT2D eigenvalue weighted by Crippen LogP contribution is -2.32. The van der Waals surface area contributed by atoms with Crippen LogP contribution in [0, 0.1) is 0 Å². The van der Waals surface area contributed by atoms with E-state index in [1.807, 2.05) is 30.3 Å². The monoisotopic (exact) mass is 305 g/mol. The molecule has 118 valence electrons. The van der Waals surface area contributed by atoms with Gasteiger partial charge in [-0.25, -0.2) is 9.78 Å². The third kappa shape index (κ3) is 7.06. The van der Waals surface area contributed by atoms with Crippen molar-refractivity contribution in [2.24, 2.45) is 11.5 Å². The minimum Gasteiger partial charge on any atom is -0.480 e. The van der Waals surface area contributed by atoms with Crippen molar-refractivity contribution in [1.29, 1.82) is 0 Å². The number of aromatic nitrogens is 2. The van der Waals surface area contributed by atoms with Crippen LogP contribution in [0.25, 0.3) is 0 Å². The molecule has 2 aromatic rings. The van der Waals surface area contributed by atoms with Crippen molar-refractivity contribution in [3.05, 3.63) is 54.1 Å². The highest BCUT2D eigenvalue weighted by Gasteiger charge is 2.12. The number of H-pyrrole nitrogens is 1. The van der Waals surface area contributed by atoms with Gasteiger partial charge in [-0.2, -0.15) is 0 Å². The number of urea groups is 1. The third-order valence-corrected chi connectivity index (χ3v) is 2.61. The summed E-state index contributed by atoms with van der Waals surface area (Å²) in [5, 5.41) is 10.9. The minimum absolute atomic E-state index is 0.263. The highest BCUT2D eigenvalue weighted by atomic mass is 16.4. The number of aliphatic carboxylic acids is 1. The van der Waals surface area contributed by atoms with Crippen LogP contribution in [0.2, 0.25) is 0 Å². The Morgan fingerprint density at radius 2 is 2.00 bits per heavy atom. The number of aromatic amines is 1. The second-order valence-corrected chi connectivity index (χ2v) is 4.41. The second-order valence-electron chi connectivity index (χ2n) is 4.41. The Morgan fingerprint density at radius 1 is 1.32 bits per heavy atom. The van der Waals surface area contributed by atoms with Crippen LogP contribution in [-0.4, -0.2) is 33.1 Å². The third-order valence-electron chi connectivity index (χ3n) is 2.61. The topological polar surface area (TPSA) is 147 Å². The zero-order valence-corrected chi connectivity index (χ0v) is 11.9. The molecule has 0 aliphatic rings. The van der Waals surface area contributed by atoms with Gasteiger partial charge in [0, 0.05) is 19.2 Å². The number of hydrogen-bond acceptors (Lipinski definition) is 4. The van der Waals surface area contributed by atoms with E-state index in [0.29, 0.717) is 12.2 Å². The van der Waals surface area contributed by atoms with Gasteiger partial charge >= 0.3 is 12.0 Å². The zero-order valence-electron chi connectivity index (χ0n) is 11.9. The Hall–Kier alpha value is -2.87. The van der Waals surface area contributed by atoms with Crippen molar-refractivity contribution >= 4 is 12.0 Å². The van der Waals surface area contributed by atoms with E-state index < -0.39 is 18.0 Å². The summed E-state index contributed by atoms with van der Waals surface area (Å²) in [5.41, 5.74) is 11.9. The molecular weight excluding hydrogens is 286 g/mol. The van der Waals surface area contributed by atoms with Gasteiger partial charge in [-0.1, -0.05) is 30.3 Å². The van der Waals surface area contributed by atoms with Crippen molar-refractivity contribution in [2.45, 2.75) is 19.0 Å². The van der Waals surface area contributed by atoms with E-state index in [0.717, 1.165) is 5.56 Å². The number of primary amides is 1. The number of nitrogens with zero attached hydrogens (tertiary/aromatic N) is 1. The first-order chi connectivity index (χ1) is 10.5. The Balaban J connectivity index is 0.000000220. The highest BCUT2D eigenvalue weighted by Crippen LogP contribution is 1.96. The molecule has 2 amide bonds. The molecule has 1 aromatic heterocycles. The number of carboxylic acid groups (broad SMARTS) is 1. The van der Waals surface area contributed by atoms with Gasteiger partial charge in [0.05, 0.1) is 12.0 Å². The maximum atomic E-state index is 10.3. The molecule has 8 heteroatoms. The first-order valence-electron chi connectivity index (χ1n) is 6.52. The normalized spacial score (nSPS) is 11.0. The molecule has 0 bridgehead atoms. The molecule has 2 rings (SSSR count). The number of carbonyl (C=O) groups is 2. The summed E-state index contributed by atoms with van der Waals surface area (Å²) in [7, 11) is 0. The molecule has 7 N–H and O–H groups in total. The molecule has 0 fully saturated rings. The maximum absolute atomic E-state index is 10.3. The van der Waals surface area contributed by atoms with Crippen LogP contribution in [0.1, 0.15) is 11.3 Å². The van der Waals surface area contributed by atoms with Gasteiger partial charge in [-0.3, -0.25) is 4.79 Å². The molecule has 1 heterocycles. The summed E-state index contributed by atoms with van der Waals surface area (Å²) in [6.07, 6.45) is 3.38. The van der Waals surface area contributed by atoms with E-state index in [-0.39, 0.29) is 6.42 Å². The number of carbonyl (C=O) groups excluding carboxylic acids is 1. The standard InChI is InChI=1S/C8H10N2O.C6H9N3O2/c9-8(11)10-6-7-4-2-1-3-5-7;7-5(6(10)11)1-4-2-8-3-9-4/h1-5H,6H2,(H3,9,10,11);2-3,5H,1,7H2,(H,8,9)(H,10,11). The van der Waals surface area contributed by atoms with Gasteiger partial charge in [0.1, 0.15) is 6.04 Å². The van der Waals surface area contributed by atoms with Crippen LogP contribution in [-0.2, 0) is 17.8 Å². The smallest absolute Gasteiger partial charge is 0.320 e. The van der Waals surface area contributed by atoms with E-state index >= 15 is 0 Å². The molecule has 0 spiro atoms. The predicted octanol–water partition coefficient (Wildman–Crippen LogP) is 0.219. The summed E-state index contributed by atoms with van der Waals surface area (Å²) in [6.45, 7) is 0.496. The molecule has 0 saturated heterocycles. The molecule has 1 aromatic carbocycles. The van der Waals surface area contributed by atoms with Crippen LogP contribution >= 0.6 is 0 Å². The Labute approximate surface area is 127 Å². The molecule has 1 atom stereocenters. The van der Waals surface area contributed by atoms with Crippen molar-refractivity contribution in [1.82, 2.24) is 15.3 Å². The van der Waals surface area contributed by atoms with E-state index in [2.05, 4.69) is 15.3 Å². The summed E-state index contributed by atoms with van der Waals surface area (Å²) in [6, 6.07) is 8.25. The van der Waals surface area contributed by atoms with Crippen LogP contribution in [0.4, 0.5) is 4.79 Å². The van der Waals surface area contributed by atoms with Crippen LogP contribution in [0.5, 0.6) is 0 Å². The quantitative estimate of drug-likeness (QED) is 0.536. The van der Waals surface area contributed by atoms with Gasteiger partial charge in [0.25, 0.3) is 0 Å². The Kier molecular flexibility index (Phi) is 7.14. The summed E-state index contributed by atoms with van der Waals surface area (Å²) in [4.78, 5) is 27.1. The minimum atomic E-state index is -1.01. The number of carboxylic acids is 1. The Morgan fingerprint density at radius 3 is 2.50 bits per heavy atom. The van der Waals surface area contributed by atoms with Crippen molar-refractivity contribution < 1.29 is 14.7 Å². The lowest BCUT2D eigenvalue weighted by molar-refractivity contribution is -0.138. The molecular formula is C14H19N5O3. The number of hydrogen-bond donors (Lipinski definition) is 5. The fourth-order valence-corrected chi connectivity index (χ4v) is 1.50. The van der Waals surface area contributed by atoms with Crippen LogP contribution in [0.15, 0.2) is 42.9 Å². The predicted molar refractivity (Wildman–Crippen MR) is 80.8 cm³/mol. The van der Waals surface area contributed by atoms with Crippen molar-refractivity contribution in [3.63, 3.8) is 0 Å². The van der Waals surface area contributed by atoms with Gasteiger partial charge in [-0.05, 0) is 5.56 Å². The maximum Gasteiger partial charge on any atom is 0.320 e. The first kappa shape index (κ1) is 17.2. The van der Waals surface area contributed by atoms with Gasteiger partial charge < -0.3 is 26.9 Å². The fraction of sp³-hybridized carbons (Fsp3) is 0.214. The highest BCUT2D eigenvalue weighted by molar-refractivity contribution is 5.73. The van der Waals surface area contributed by atoms with E-state index in [4.69, 9.17) is 16.6 Å². The summed E-state index contributed by atoms with van der Waals surface area (Å²) >= 11 is 0. The molecule has 0 radical (unpaired) electrons. The molecule has 0 saturated carbocycles. The van der Waals surface area contributed by atoms with Gasteiger partial charge in [0.2, 0.25) is 0 Å². The largest absolute Gasteiger partial charge is 0.480 e. The van der Waals surface area contributed by atoms with Crippen molar-refractivity contribution in [2.75, 3.05) is 0 Å². The molecule has 1 unspecified atom stereocenters. The number of nitrogens with two attached hydrogens (primary N) is 2. The van der Waals surface area contributed by atoms with E-state index in [9.17, 15) is 9.59 Å². The van der Waals surface area contributed by atoms with Crippen molar-refractivity contribution in [3.8, 4) is 0 Å². The second kappa shape index (κ2) is 9.14. The Bertz CT molecular complexity index is 571. The fourth-order valence-electron chi connectivity index (χ4n) is 1.50. The summed E-state index contributed by atoms with van der Waals surface area (Å²) in [5.74, 6) is -1.01. The molecule has 8 nitrogen and oxygen atoms in total. The molecule has 0 aliphatic heterocycles. The van der Waals surface area contributed by atoms with Crippen LogP contribution in [0.3, 0.4) is 0 Å². The molecule has 0 aliphatic carbocycles. The summed E-state index contributed by atoms with van der Waals surface area (Å²) < 4.78 is 0. The zero-order chi connectivity index (χ0) is 16.4.